The predicted octanol–water partition coefficient (Wildman–Crippen LogP) is 5.80. The largest absolute Gasteiger partial charge is 0.332 e. The first-order valence-electron chi connectivity index (χ1n) is 12.0. The van der Waals surface area contributed by atoms with Crippen molar-refractivity contribution in [2.75, 3.05) is 6.54 Å². The molecule has 2 aromatic carbocycles. The van der Waals surface area contributed by atoms with Crippen molar-refractivity contribution in [1.29, 1.82) is 0 Å². The first-order chi connectivity index (χ1) is 17.4. The van der Waals surface area contributed by atoms with Crippen molar-refractivity contribution < 1.29 is 18.9 Å². The number of hydrogen-bond donors (Lipinski definition) is 0. The van der Waals surface area contributed by atoms with Crippen LogP contribution in [0.2, 0.25) is 0 Å². The molecule has 1 aliphatic carbocycles. The van der Waals surface area contributed by atoms with Crippen molar-refractivity contribution in [3.05, 3.63) is 98.0 Å². The van der Waals surface area contributed by atoms with Gasteiger partial charge in [-0.2, -0.15) is 0 Å². The second-order valence-electron chi connectivity index (χ2n) is 8.98. The van der Waals surface area contributed by atoms with Crippen LogP contribution in [-0.2, 0) is 17.9 Å². The number of hydrogen-bond acceptors (Lipinski definition) is 5. The van der Waals surface area contributed by atoms with E-state index in [1.807, 2.05) is 17.5 Å². The second-order valence-corrected chi connectivity index (χ2v) is 10.0. The van der Waals surface area contributed by atoms with Crippen molar-refractivity contribution in [3.63, 3.8) is 0 Å². The van der Waals surface area contributed by atoms with Crippen molar-refractivity contribution in [1.82, 2.24) is 9.80 Å². The summed E-state index contributed by atoms with van der Waals surface area (Å²) in [5.74, 6) is -0.844. The summed E-state index contributed by atoms with van der Waals surface area (Å²) in [6.07, 6.45) is 4.69. The Hall–Kier alpha value is -3.59. The Labute approximate surface area is 213 Å². The van der Waals surface area contributed by atoms with Crippen LogP contribution in [0.4, 0.5) is 10.1 Å². The second kappa shape index (κ2) is 11.9. The Balaban J connectivity index is 1.57. The van der Waals surface area contributed by atoms with Gasteiger partial charge in [-0.25, -0.2) is 4.39 Å². The van der Waals surface area contributed by atoms with Gasteiger partial charge < -0.3 is 9.80 Å². The van der Waals surface area contributed by atoms with Gasteiger partial charge in [-0.15, -0.1) is 11.3 Å². The molecule has 1 aliphatic rings. The maximum atomic E-state index is 13.6. The van der Waals surface area contributed by atoms with Crippen molar-refractivity contribution >= 4 is 28.8 Å². The summed E-state index contributed by atoms with van der Waals surface area (Å²) in [5, 5.41) is 13.0. The van der Waals surface area contributed by atoms with Gasteiger partial charge in [0.1, 0.15) is 12.4 Å². The van der Waals surface area contributed by atoms with E-state index < -0.39 is 4.92 Å². The number of amides is 2. The zero-order valence-electron chi connectivity index (χ0n) is 19.8. The number of carbonyl (C=O) groups is 2. The molecule has 0 bridgehead atoms. The lowest BCUT2D eigenvalue weighted by atomic mass is 9.93. The highest BCUT2D eigenvalue weighted by atomic mass is 32.1. The third kappa shape index (κ3) is 6.54. The van der Waals surface area contributed by atoms with Gasteiger partial charge in [0, 0.05) is 35.2 Å². The summed E-state index contributed by atoms with van der Waals surface area (Å²) >= 11 is 1.55. The average Bonchev–Trinajstić information content (AvgIpc) is 3.41. The van der Waals surface area contributed by atoms with Crippen LogP contribution in [0.25, 0.3) is 0 Å². The summed E-state index contributed by atoms with van der Waals surface area (Å²) in [6.45, 7) is 0.590. The summed E-state index contributed by atoms with van der Waals surface area (Å²) in [4.78, 5) is 42.0. The topological polar surface area (TPSA) is 83.8 Å². The molecule has 0 atom stereocenters. The fourth-order valence-corrected chi connectivity index (χ4v) is 5.25. The smallest absolute Gasteiger partial charge is 0.269 e. The third-order valence-corrected chi connectivity index (χ3v) is 7.33. The molecule has 2 amide bonds. The molecule has 0 unspecified atom stereocenters. The third-order valence-electron chi connectivity index (χ3n) is 6.47. The average molecular weight is 510 g/mol. The lowest BCUT2D eigenvalue weighted by Crippen LogP contribution is -2.48. The van der Waals surface area contributed by atoms with Crippen LogP contribution in [0.3, 0.4) is 0 Å². The molecule has 1 saturated carbocycles. The molecule has 188 valence electrons. The highest BCUT2D eigenvalue weighted by Gasteiger charge is 2.30. The van der Waals surface area contributed by atoms with Crippen molar-refractivity contribution in [2.24, 2.45) is 0 Å². The van der Waals surface area contributed by atoms with Crippen LogP contribution >= 0.6 is 11.3 Å². The van der Waals surface area contributed by atoms with E-state index in [9.17, 15) is 24.1 Å². The van der Waals surface area contributed by atoms with E-state index >= 15 is 0 Å². The lowest BCUT2D eigenvalue weighted by molar-refractivity contribution is -0.384. The van der Waals surface area contributed by atoms with Gasteiger partial charge in [0.15, 0.2) is 0 Å². The Bertz CT molecular complexity index is 1180. The molecule has 4 rings (SSSR count). The van der Waals surface area contributed by atoms with Crippen LogP contribution in [0.1, 0.15) is 52.9 Å². The van der Waals surface area contributed by atoms with E-state index in [1.54, 1.807) is 33.3 Å². The van der Waals surface area contributed by atoms with Crippen LogP contribution in [0.5, 0.6) is 0 Å². The fraction of sp³-hybridized carbons (Fsp3) is 0.333. The van der Waals surface area contributed by atoms with Crippen LogP contribution in [0.15, 0.2) is 66.0 Å². The highest BCUT2D eigenvalue weighted by Crippen LogP contribution is 2.25. The van der Waals surface area contributed by atoms with Crippen LogP contribution < -0.4 is 0 Å². The minimum absolute atomic E-state index is 0.0696. The normalized spacial score (nSPS) is 13.8. The molecule has 1 heterocycles. The van der Waals surface area contributed by atoms with Crippen molar-refractivity contribution in [2.45, 2.75) is 51.2 Å². The summed E-state index contributed by atoms with van der Waals surface area (Å²) in [6, 6.07) is 15.4. The number of carbonyl (C=O) groups excluding carboxylic acids is 2. The molecule has 0 N–H and O–H groups in total. The summed E-state index contributed by atoms with van der Waals surface area (Å²) in [7, 11) is 0. The van der Waals surface area contributed by atoms with E-state index in [2.05, 4.69) is 0 Å². The monoisotopic (exact) mass is 509 g/mol. The zero-order chi connectivity index (χ0) is 25.5. The molecular weight excluding hydrogens is 481 g/mol. The quantitative estimate of drug-likeness (QED) is 0.270. The SMILES string of the molecule is O=C(CN(C(=O)c1ccc([N+](=O)[O-])cc1)C1CCCCC1)N(Cc1ccc(F)cc1)Cc1cccs1. The Morgan fingerprint density at radius 1 is 0.972 bits per heavy atom. The minimum Gasteiger partial charge on any atom is -0.332 e. The number of nitrogens with zero attached hydrogens (tertiary/aromatic N) is 3. The standard InChI is InChI=1S/C27H28FN3O4S/c28-22-12-8-20(9-13-22)17-29(18-25-7-4-16-36-25)26(32)19-30(23-5-2-1-3-6-23)27(33)21-10-14-24(15-11-21)31(34)35/h4,7-16,23H,1-3,5-6,17-19H2. The summed E-state index contributed by atoms with van der Waals surface area (Å²) < 4.78 is 13.4. The number of halogens is 1. The highest BCUT2D eigenvalue weighted by molar-refractivity contribution is 7.09. The molecule has 3 aromatic rings. The maximum Gasteiger partial charge on any atom is 0.269 e. The first-order valence-corrected chi connectivity index (χ1v) is 12.9. The Morgan fingerprint density at radius 2 is 1.67 bits per heavy atom. The number of rotatable bonds is 9. The fourth-order valence-electron chi connectivity index (χ4n) is 4.53. The van der Waals surface area contributed by atoms with E-state index in [0.29, 0.717) is 18.7 Å². The van der Waals surface area contributed by atoms with E-state index in [1.165, 1.54) is 36.4 Å². The number of nitro benzene ring substituents is 1. The zero-order valence-corrected chi connectivity index (χ0v) is 20.7. The van der Waals surface area contributed by atoms with Gasteiger partial charge in [0.25, 0.3) is 11.6 Å². The van der Waals surface area contributed by atoms with Gasteiger partial charge in [-0.1, -0.05) is 37.5 Å². The van der Waals surface area contributed by atoms with E-state index in [4.69, 9.17) is 0 Å². The van der Waals surface area contributed by atoms with Gasteiger partial charge >= 0.3 is 0 Å². The number of nitro groups is 1. The molecule has 1 fully saturated rings. The van der Waals surface area contributed by atoms with Crippen LogP contribution in [-0.4, -0.2) is 39.1 Å². The minimum atomic E-state index is -0.505. The molecule has 1 aromatic heterocycles. The first kappa shape index (κ1) is 25.5. The molecule has 36 heavy (non-hydrogen) atoms. The Morgan fingerprint density at radius 3 is 2.28 bits per heavy atom. The summed E-state index contributed by atoms with van der Waals surface area (Å²) in [5.41, 5.74) is 1.03. The molecule has 0 spiro atoms. The van der Waals surface area contributed by atoms with E-state index in [0.717, 1.165) is 42.5 Å². The molecule has 0 saturated heterocycles. The predicted molar refractivity (Wildman–Crippen MR) is 136 cm³/mol. The van der Waals surface area contributed by atoms with Gasteiger partial charge in [0.2, 0.25) is 5.91 Å². The number of benzene rings is 2. The van der Waals surface area contributed by atoms with Crippen LogP contribution in [0, 0.1) is 15.9 Å². The Kier molecular flexibility index (Phi) is 8.43. The molecule has 7 nitrogen and oxygen atoms in total. The number of thiophene rings is 1. The molecule has 0 radical (unpaired) electrons. The molecular formula is C27H28FN3O4S. The van der Waals surface area contributed by atoms with Gasteiger partial charge in [-0.05, 0) is 54.1 Å². The number of non-ortho nitro benzene ring substituents is 1. The van der Waals surface area contributed by atoms with Gasteiger partial charge in [0.05, 0.1) is 11.5 Å². The maximum absolute atomic E-state index is 13.6. The van der Waals surface area contributed by atoms with E-state index in [-0.39, 0.29) is 35.9 Å². The van der Waals surface area contributed by atoms with Crippen molar-refractivity contribution in [3.8, 4) is 0 Å². The lowest BCUT2D eigenvalue weighted by Gasteiger charge is -2.35. The van der Waals surface area contributed by atoms with Gasteiger partial charge in [-0.3, -0.25) is 19.7 Å². The molecule has 9 heteroatoms. The molecule has 0 aliphatic heterocycles.